The number of carbonyl (C=O) groups is 2. The number of piperidine rings is 1. The lowest BCUT2D eigenvalue weighted by molar-refractivity contribution is -0.136. The van der Waals surface area contributed by atoms with E-state index in [2.05, 4.69) is 15.2 Å². The molecule has 1 aliphatic heterocycles. The van der Waals surface area contributed by atoms with Crippen LogP contribution in [-0.2, 0) is 22.4 Å². The fourth-order valence-electron chi connectivity index (χ4n) is 4.24. The fraction of sp³-hybridized carbons (Fsp3) is 0.321. The van der Waals surface area contributed by atoms with Crippen LogP contribution in [0.15, 0.2) is 66.7 Å². The zero-order valence-electron chi connectivity index (χ0n) is 20.4. The topological polar surface area (TPSA) is 101 Å². The predicted octanol–water partition coefficient (Wildman–Crippen LogP) is 4.34. The van der Waals surface area contributed by atoms with E-state index >= 15 is 0 Å². The molecule has 0 radical (unpaired) electrons. The number of nitrogens with zero attached hydrogens (tertiary/aromatic N) is 2. The molecule has 3 aromatic rings. The van der Waals surface area contributed by atoms with Crippen molar-refractivity contribution in [2.75, 3.05) is 29.9 Å². The molecule has 1 unspecified atom stereocenters. The monoisotopic (exact) mass is 489 g/mol. The molecule has 0 spiro atoms. The lowest BCUT2D eigenvalue weighted by Crippen LogP contribution is -2.41. The molecule has 188 valence electrons. The van der Waals surface area contributed by atoms with Gasteiger partial charge in [0.25, 0.3) is 0 Å². The summed E-state index contributed by atoms with van der Waals surface area (Å²) in [5, 5.41) is 11.8. The Labute approximate surface area is 210 Å². The number of anilines is 2. The van der Waals surface area contributed by atoms with Gasteiger partial charge in [-0.3, -0.25) is 9.59 Å². The van der Waals surface area contributed by atoms with E-state index < -0.39 is 5.97 Å². The minimum absolute atomic E-state index is 0.00417. The molecule has 1 aliphatic rings. The van der Waals surface area contributed by atoms with Crippen LogP contribution in [-0.4, -0.2) is 47.8 Å². The Morgan fingerprint density at radius 3 is 2.44 bits per heavy atom. The largest absolute Gasteiger partial charge is 0.490 e. The van der Waals surface area contributed by atoms with Crippen molar-refractivity contribution in [2.45, 2.75) is 38.7 Å². The number of rotatable bonds is 10. The molecule has 1 amide bonds. The quantitative estimate of drug-likeness (QED) is 0.437. The third-order valence-corrected chi connectivity index (χ3v) is 5.89. The van der Waals surface area contributed by atoms with Crippen LogP contribution in [0.2, 0.25) is 0 Å². The first-order valence-corrected chi connectivity index (χ1v) is 12.2. The van der Waals surface area contributed by atoms with Crippen molar-refractivity contribution in [1.29, 1.82) is 0 Å². The van der Waals surface area contributed by atoms with Gasteiger partial charge in [0.2, 0.25) is 5.91 Å². The van der Waals surface area contributed by atoms with Gasteiger partial charge in [-0.15, -0.1) is 0 Å². The van der Waals surface area contributed by atoms with Crippen LogP contribution in [0.3, 0.4) is 0 Å². The van der Waals surface area contributed by atoms with E-state index in [0.717, 1.165) is 42.3 Å². The van der Waals surface area contributed by atoms with Crippen molar-refractivity contribution in [2.24, 2.45) is 0 Å². The number of carbonyl (C=O) groups excluding carboxylic acids is 1. The Morgan fingerprint density at radius 1 is 1.00 bits per heavy atom. The normalized spacial score (nSPS) is 15.2. The summed E-state index contributed by atoms with van der Waals surface area (Å²) in [6.07, 6.45) is 2.06. The molecule has 1 aromatic heterocycles. The highest BCUT2D eigenvalue weighted by molar-refractivity contribution is 5.91. The Morgan fingerprint density at radius 2 is 1.72 bits per heavy atom. The van der Waals surface area contributed by atoms with Crippen molar-refractivity contribution in [3.05, 3.63) is 77.9 Å². The molecule has 2 heterocycles. The van der Waals surface area contributed by atoms with Gasteiger partial charge < -0.3 is 24.8 Å². The number of nitrogens with one attached hydrogen (secondary N) is 1. The van der Waals surface area contributed by atoms with Gasteiger partial charge in [0.05, 0.1) is 26.0 Å². The molecule has 2 aromatic carbocycles. The molecule has 8 heteroatoms. The second-order valence-electron chi connectivity index (χ2n) is 8.70. The first kappa shape index (κ1) is 25.0. The smallest absolute Gasteiger partial charge is 0.307 e. The van der Waals surface area contributed by atoms with Crippen LogP contribution < -0.4 is 19.7 Å². The van der Waals surface area contributed by atoms with E-state index in [4.69, 9.17) is 14.6 Å². The summed E-state index contributed by atoms with van der Waals surface area (Å²) in [6, 6.07) is 20.3. The number of pyridine rings is 1. The van der Waals surface area contributed by atoms with E-state index in [0.29, 0.717) is 24.5 Å². The maximum absolute atomic E-state index is 12.6. The van der Waals surface area contributed by atoms with Gasteiger partial charge in [0.1, 0.15) is 17.7 Å². The van der Waals surface area contributed by atoms with Gasteiger partial charge in [0.15, 0.2) is 11.5 Å². The standard InChI is InChI=1S/C28H31N3O5/c1-2-35-23-8-3-4-9-24(23)36-22-7-6-16-31(19-22)26-11-5-10-25(29-26)30-27(32)17-20-12-14-21(15-13-20)18-28(33)34/h3-5,8-15,22H,2,6-7,16-19H2,1H3,(H,33,34)(H,29,30,32). The van der Waals surface area contributed by atoms with Gasteiger partial charge in [0, 0.05) is 6.54 Å². The van der Waals surface area contributed by atoms with Crippen LogP contribution in [0.4, 0.5) is 11.6 Å². The first-order chi connectivity index (χ1) is 17.5. The third-order valence-electron chi connectivity index (χ3n) is 5.89. The van der Waals surface area contributed by atoms with Gasteiger partial charge in [-0.1, -0.05) is 42.5 Å². The second kappa shape index (κ2) is 12.1. The van der Waals surface area contributed by atoms with Gasteiger partial charge in [-0.25, -0.2) is 4.98 Å². The van der Waals surface area contributed by atoms with E-state index in [-0.39, 0.29) is 24.9 Å². The maximum Gasteiger partial charge on any atom is 0.307 e. The lowest BCUT2D eigenvalue weighted by Gasteiger charge is -2.34. The van der Waals surface area contributed by atoms with Crippen molar-refractivity contribution in [1.82, 2.24) is 4.98 Å². The number of hydrogen-bond donors (Lipinski definition) is 2. The van der Waals surface area contributed by atoms with Crippen LogP contribution in [0.1, 0.15) is 30.9 Å². The number of aromatic nitrogens is 1. The molecule has 0 aliphatic carbocycles. The molecular formula is C28H31N3O5. The Bertz CT molecular complexity index is 1180. The minimum Gasteiger partial charge on any atom is -0.490 e. The lowest BCUT2D eigenvalue weighted by atomic mass is 10.1. The number of aliphatic carboxylic acids is 1. The zero-order valence-corrected chi connectivity index (χ0v) is 20.4. The molecule has 2 N–H and O–H groups in total. The van der Waals surface area contributed by atoms with Crippen LogP contribution >= 0.6 is 0 Å². The average molecular weight is 490 g/mol. The highest BCUT2D eigenvalue weighted by Gasteiger charge is 2.23. The van der Waals surface area contributed by atoms with Crippen LogP contribution in [0, 0.1) is 0 Å². The van der Waals surface area contributed by atoms with Gasteiger partial charge in [-0.05, 0) is 55.2 Å². The highest BCUT2D eigenvalue weighted by atomic mass is 16.5. The molecule has 0 saturated carbocycles. The molecule has 8 nitrogen and oxygen atoms in total. The Hall–Kier alpha value is -4.07. The minimum atomic E-state index is -0.881. The molecule has 0 bridgehead atoms. The summed E-state index contributed by atoms with van der Waals surface area (Å²) in [4.78, 5) is 30.2. The van der Waals surface area contributed by atoms with Crippen molar-refractivity contribution in [3.63, 3.8) is 0 Å². The first-order valence-electron chi connectivity index (χ1n) is 12.2. The summed E-state index contributed by atoms with van der Waals surface area (Å²) in [7, 11) is 0. The third kappa shape index (κ3) is 6.97. The highest BCUT2D eigenvalue weighted by Crippen LogP contribution is 2.30. The van der Waals surface area contributed by atoms with E-state index in [1.165, 1.54) is 0 Å². The van der Waals surface area contributed by atoms with Gasteiger partial charge in [-0.2, -0.15) is 0 Å². The number of para-hydroxylation sites is 2. The van der Waals surface area contributed by atoms with Crippen molar-refractivity contribution in [3.8, 4) is 11.5 Å². The Kier molecular flexibility index (Phi) is 8.39. The number of hydrogen-bond acceptors (Lipinski definition) is 6. The number of ether oxygens (including phenoxy) is 2. The van der Waals surface area contributed by atoms with Crippen LogP contribution in [0.5, 0.6) is 11.5 Å². The SMILES string of the molecule is CCOc1ccccc1OC1CCCN(c2cccc(NC(=O)Cc3ccc(CC(=O)O)cc3)n2)C1. The summed E-state index contributed by atoms with van der Waals surface area (Å²) in [5.41, 5.74) is 1.51. The maximum atomic E-state index is 12.6. The predicted molar refractivity (Wildman–Crippen MR) is 138 cm³/mol. The summed E-state index contributed by atoms with van der Waals surface area (Å²) in [5.74, 6) is 1.71. The number of carboxylic acids is 1. The van der Waals surface area contributed by atoms with E-state index in [1.807, 2.05) is 43.3 Å². The summed E-state index contributed by atoms with van der Waals surface area (Å²) in [6.45, 7) is 4.08. The van der Waals surface area contributed by atoms with E-state index in [9.17, 15) is 9.59 Å². The summed E-state index contributed by atoms with van der Waals surface area (Å²) >= 11 is 0. The fourth-order valence-corrected chi connectivity index (χ4v) is 4.24. The van der Waals surface area contributed by atoms with Crippen LogP contribution in [0.25, 0.3) is 0 Å². The Balaban J connectivity index is 1.35. The number of benzene rings is 2. The number of carboxylic acid groups (broad SMARTS) is 1. The zero-order chi connectivity index (χ0) is 25.3. The van der Waals surface area contributed by atoms with E-state index in [1.54, 1.807) is 30.3 Å². The second-order valence-corrected chi connectivity index (χ2v) is 8.70. The number of amides is 1. The van der Waals surface area contributed by atoms with Gasteiger partial charge >= 0.3 is 5.97 Å². The molecule has 1 fully saturated rings. The molecule has 4 rings (SSSR count). The molecule has 1 atom stereocenters. The average Bonchev–Trinajstić information content (AvgIpc) is 2.87. The molecule has 1 saturated heterocycles. The summed E-state index contributed by atoms with van der Waals surface area (Å²) < 4.78 is 12.0. The van der Waals surface area contributed by atoms with Crippen molar-refractivity contribution >= 4 is 23.5 Å². The van der Waals surface area contributed by atoms with Crippen molar-refractivity contribution < 1.29 is 24.2 Å². The molecule has 36 heavy (non-hydrogen) atoms. The molecular weight excluding hydrogens is 458 g/mol.